The van der Waals surface area contributed by atoms with E-state index in [2.05, 4.69) is 0 Å². The molecule has 3 rings (SSSR count). The second-order valence-corrected chi connectivity index (χ2v) is 8.15. The summed E-state index contributed by atoms with van der Waals surface area (Å²) in [4.78, 5) is 14.3. The Hall–Kier alpha value is -2.32. The molecule has 1 heterocycles. The lowest BCUT2D eigenvalue weighted by Gasteiger charge is -2.16. The molecule has 2 aromatic rings. The average molecular weight is 438 g/mol. The van der Waals surface area contributed by atoms with Gasteiger partial charge in [-0.15, -0.1) is 0 Å². The van der Waals surface area contributed by atoms with Gasteiger partial charge < -0.3 is 4.74 Å². The first-order valence-electron chi connectivity index (χ1n) is 8.91. The summed E-state index contributed by atoms with van der Waals surface area (Å²) in [6, 6.07) is 11.8. The summed E-state index contributed by atoms with van der Waals surface area (Å²) in [7, 11) is 0. The second-order valence-electron chi connectivity index (χ2n) is 6.47. The first-order valence-corrected chi connectivity index (χ1v) is 10.1. The van der Waals surface area contributed by atoms with Crippen molar-refractivity contribution in [1.29, 1.82) is 0 Å². The van der Waals surface area contributed by atoms with E-state index in [0.717, 1.165) is 46.5 Å². The summed E-state index contributed by atoms with van der Waals surface area (Å²) in [6.45, 7) is 4.01. The first-order chi connectivity index (χ1) is 13.7. The minimum atomic E-state index is -4.49. The Labute approximate surface area is 176 Å². The molecule has 2 aromatic carbocycles. The van der Waals surface area contributed by atoms with Crippen LogP contribution in [0.15, 0.2) is 53.4 Å². The number of carbonyl (C=O) groups excluding carboxylic acids is 1. The molecule has 1 saturated heterocycles. The SMILES string of the molecule is CC[C@@H](C)Oc1ccc(/C=C2/SC(=S)N(c3cccc(C(F)(F)F)c3)C2=O)cc1. The molecule has 0 unspecified atom stereocenters. The van der Waals surface area contributed by atoms with Crippen molar-refractivity contribution in [3.63, 3.8) is 0 Å². The summed E-state index contributed by atoms with van der Waals surface area (Å²) in [5, 5.41) is 0. The normalized spacial score (nSPS) is 17.1. The molecule has 1 amide bonds. The molecule has 0 N–H and O–H groups in total. The zero-order valence-corrected chi connectivity index (χ0v) is 17.3. The van der Waals surface area contributed by atoms with Gasteiger partial charge in [0.25, 0.3) is 5.91 Å². The van der Waals surface area contributed by atoms with E-state index in [4.69, 9.17) is 17.0 Å². The minimum Gasteiger partial charge on any atom is -0.491 e. The highest BCUT2D eigenvalue weighted by Gasteiger charge is 2.36. The van der Waals surface area contributed by atoms with Gasteiger partial charge in [-0.3, -0.25) is 9.69 Å². The van der Waals surface area contributed by atoms with Crippen LogP contribution in [0.2, 0.25) is 0 Å². The second kappa shape index (κ2) is 8.59. The highest BCUT2D eigenvalue weighted by molar-refractivity contribution is 8.27. The molecule has 1 aliphatic heterocycles. The molecular formula is C21H18F3NO2S2. The molecule has 1 aliphatic rings. The van der Waals surface area contributed by atoms with Gasteiger partial charge in [0.1, 0.15) is 5.75 Å². The van der Waals surface area contributed by atoms with Crippen LogP contribution in [0.1, 0.15) is 31.4 Å². The van der Waals surface area contributed by atoms with Gasteiger partial charge in [-0.1, -0.05) is 49.1 Å². The van der Waals surface area contributed by atoms with Crippen LogP contribution in [0.5, 0.6) is 5.75 Å². The van der Waals surface area contributed by atoms with Crippen molar-refractivity contribution in [2.75, 3.05) is 4.90 Å². The van der Waals surface area contributed by atoms with Gasteiger partial charge in [-0.05, 0) is 55.3 Å². The fraction of sp³-hybridized carbons (Fsp3) is 0.238. The highest BCUT2D eigenvalue weighted by Crippen LogP contribution is 2.38. The number of carbonyl (C=O) groups is 1. The van der Waals surface area contributed by atoms with Crippen LogP contribution in [-0.2, 0) is 11.0 Å². The zero-order valence-electron chi connectivity index (χ0n) is 15.7. The Morgan fingerprint density at radius 2 is 1.90 bits per heavy atom. The maximum absolute atomic E-state index is 13.0. The van der Waals surface area contributed by atoms with E-state index in [9.17, 15) is 18.0 Å². The van der Waals surface area contributed by atoms with Gasteiger partial charge in [0.15, 0.2) is 4.32 Å². The standard InChI is InChI=1S/C21H18F3NO2S2/c1-3-13(2)27-17-9-7-14(8-10-17)11-18-19(26)25(20(28)29-18)16-6-4-5-15(12-16)21(22,23)24/h4-13H,3H2,1-2H3/b18-11+/t13-/m1/s1. The predicted molar refractivity (Wildman–Crippen MR) is 114 cm³/mol. The van der Waals surface area contributed by atoms with Crippen LogP contribution in [0.4, 0.5) is 18.9 Å². The number of anilines is 1. The number of thioether (sulfide) groups is 1. The Morgan fingerprint density at radius 3 is 2.52 bits per heavy atom. The number of hydrogen-bond acceptors (Lipinski definition) is 4. The molecule has 0 radical (unpaired) electrons. The molecule has 1 fully saturated rings. The van der Waals surface area contributed by atoms with Crippen LogP contribution in [0.25, 0.3) is 6.08 Å². The van der Waals surface area contributed by atoms with E-state index in [-0.39, 0.29) is 16.1 Å². The van der Waals surface area contributed by atoms with Crippen molar-refractivity contribution < 1.29 is 22.7 Å². The highest BCUT2D eigenvalue weighted by atomic mass is 32.2. The van der Waals surface area contributed by atoms with Gasteiger partial charge in [-0.2, -0.15) is 13.2 Å². The Morgan fingerprint density at radius 1 is 1.21 bits per heavy atom. The van der Waals surface area contributed by atoms with E-state index in [0.29, 0.717) is 4.91 Å². The number of ether oxygens (including phenoxy) is 1. The Bertz CT molecular complexity index is 955. The van der Waals surface area contributed by atoms with E-state index in [1.54, 1.807) is 6.08 Å². The monoisotopic (exact) mass is 437 g/mol. The number of thiocarbonyl (C=S) groups is 1. The van der Waals surface area contributed by atoms with Gasteiger partial charge >= 0.3 is 6.18 Å². The summed E-state index contributed by atoms with van der Waals surface area (Å²) in [6.07, 6.45) is -1.84. The number of amides is 1. The van der Waals surface area contributed by atoms with Crippen LogP contribution in [0, 0.1) is 0 Å². The molecule has 29 heavy (non-hydrogen) atoms. The quantitative estimate of drug-likeness (QED) is 0.406. The fourth-order valence-corrected chi connectivity index (χ4v) is 3.92. The molecular weight excluding hydrogens is 419 g/mol. The third-order valence-corrected chi connectivity index (χ3v) is 5.62. The van der Waals surface area contributed by atoms with Gasteiger partial charge in [0.2, 0.25) is 0 Å². The summed E-state index contributed by atoms with van der Waals surface area (Å²) < 4.78 is 44.9. The van der Waals surface area contributed by atoms with Gasteiger partial charge in [0.05, 0.1) is 22.3 Å². The molecule has 0 spiro atoms. The van der Waals surface area contributed by atoms with Crippen molar-refractivity contribution in [2.45, 2.75) is 32.5 Å². The van der Waals surface area contributed by atoms with Crippen molar-refractivity contribution in [1.82, 2.24) is 0 Å². The van der Waals surface area contributed by atoms with Crippen LogP contribution < -0.4 is 9.64 Å². The van der Waals surface area contributed by atoms with Crippen molar-refractivity contribution in [3.05, 3.63) is 64.6 Å². The number of benzene rings is 2. The lowest BCUT2D eigenvalue weighted by Crippen LogP contribution is -2.27. The molecule has 0 saturated carbocycles. The summed E-state index contributed by atoms with van der Waals surface area (Å²) >= 11 is 6.30. The lowest BCUT2D eigenvalue weighted by molar-refractivity contribution is -0.137. The topological polar surface area (TPSA) is 29.5 Å². The maximum Gasteiger partial charge on any atom is 0.416 e. The number of rotatable bonds is 5. The summed E-state index contributed by atoms with van der Waals surface area (Å²) in [5.41, 5.74) is 0.0407. The lowest BCUT2D eigenvalue weighted by atomic mass is 10.1. The van der Waals surface area contributed by atoms with Gasteiger partial charge in [0, 0.05) is 0 Å². The third-order valence-electron chi connectivity index (χ3n) is 4.32. The molecule has 0 aliphatic carbocycles. The van der Waals surface area contributed by atoms with E-state index in [1.165, 1.54) is 12.1 Å². The maximum atomic E-state index is 13.0. The fourth-order valence-electron chi connectivity index (χ4n) is 2.62. The molecule has 8 heteroatoms. The number of nitrogens with zero attached hydrogens (tertiary/aromatic N) is 1. The van der Waals surface area contributed by atoms with E-state index < -0.39 is 17.6 Å². The van der Waals surface area contributed by atoms with Crippen LogP contribution in [-0.4, -0.2) is 16.3 Å². The summed E-state index contributed by atoms with van der Waals surface area (Å²) in [5.74, 6) is 0.285. The number of alkyl halides is 3. The molecule has 152 valence electrons. The van der Waals surface area contributed by atoms with Crippen molar-refractivity contribution in [2.24, 2.45) is 0 Å². The van der Waals surface area contributed by atoms with Crippen LogP contribution in [0.3, 0.4) is 0 Å². The van der Waals surface area contributed by atoms with Gasteiger partial charge in [-0.25, -0.2) is 0 Å². The molecule has 1 atom stereocenters. The first kappa shape index (κ1) is 21.4. The number of hydrogen-bond donors (Lipinski definition) is 0. The minimum absolute atomic E-state index is 0.100. The molecule has 3 nitrogen and oxygen atoms in total. The zero-order chi connectivity index (χ0) is 21.2. The predicted octanol–water partition coefficient (Wildman–Crippen LogP) is 6.29. The molecule has 0 aromatic heterocycles. The van der Waals surface area contributed by atoms with Crippen LogP contribution >= 0.6 is 24.0 Å². The average Bonchev–Trinajstić information content (AvgIpc) is 2.96. The Kier molecular flexibility index (Phi) is 6.33. The van der Waals surface area contributed by atoms with Crippen molar-refractivity contribution >= 4 is 46.0 Å². The third kappa shape index (κ3) is 5.00. The van der Waals surface area contributed by atoms with E-state index in [1.807, 2.05) is 38.1 Å². The largest absolute Gasteiger partial charge is 0.491 e. The van der Waals surface area contributed by atoms with Crippen molar-refractivity contribution in [3.8, 4) is 5.75 Å². The number of halogens is 3. The van der Waals surface area contributed by atoms with E-state index >= 15 is 0 Å². The Balaban J connectivity index is 1.82. The smallest absolute Gasteiger partial charge is 0.416 e. The molecule has 0 bridgehead atoms.